The lowest BCUT2D eigenvalue weighted by Gasteiger charge is -2.46. The Morgan fingerprint density at radius 1 is 1.13 bits per heavy atom. The van der Waals surface area contributed by atoms with Crippen molar-refractivity contribution >= 4 is 29.5 Å². The summed E-state index contributed by atoms with van der Waals surface area (Å²) < 4.78 is -1.07. The van der Waals surface area contributed by atoms with Crippen LogP contribution in [-0.2, 0) is 14.4 Å². The van der Waals surface area contributed by atoms with Gasteiger partial charge in [-0.25, -0.2) is 0 Å². The van der Waals surface area contributed by atoms with E-state index in [9.17, 15) is 19.5 Å². The first-order valence-electron chi connectivity index (χ1n) is 14.6. The summed E-state index contributed by atoms with van der Waals surface area (Å²) in [7, 11) is 0. The number of hydrogen-bond acceptors (Lipinski definition) is 5. The summed E-state index contributed by atoms with van der Waals surface area (Å²) in [6.45, 7) is 24.3. The standard InChI is InChI=1S/C31H51N3O4S/c1-10-16-32(17-11-2)25(36)22-23-26(37)33(19-13-20-35)24(31(23)15-14-30(22,9)39-31)27(38)34(18-12-3)29(7,8)21-28(4,5)6/h10,12,22-24,35H,1,3,11,13-21H2,2,4-9H3/t22-,23+,24?,30+,31?/m1/s1. The number of fused-ring (bicyclic) bond motifs is 1. The molecular formula is C31H51N3O4S. The van der Waals surface area contributed by atoms with E-state index in [1.165, 1.54) is 0 Å². The van der Waals surface area contributed by atoms with Gasteiger partial charge in [-0.1, -0.05) is 39.8 Å². The topological polar surface area (TPSA) is 81.2 Å². The molecular weight excluding hydrogens is 510 g/mol. The maximum Gasteiger partial charge on any atom is 0.247 e. The van der Waals surface area contributed by atoms with E-state index < -0.39 is 32.9 Å². The van der Waals surface area contributed by atoms with Gasteiger partial charge < -0.3 is 19.8 Å². The zero-order valence-electron chi connectivity index (χ0n) is 25.3. The lowest BCUT2D eigenvalue weighted by atomic mass is 9.66. The number of carbonyl (C=O) groups excluding carboxylic acids is 3. The van der Waals surface area contributed by atoms with Gasteiger partial charge >= 0.3 is 0 Å². The summed E-state index contributed by atoms with van der Waals surface area (Å²) in [6.07, 6.45) is 7.01. The molecule has 5 atom stereocenters. The highest BCUT2D eigenvalue weighted by atomic mass is 32.2. The van der Waals surface area contributed by atoms with Crippen molar-refractivity contribution in [1.29, 1.82) is 0 Å². The highest BCUT2D eigenvalue weighted by molar-refractivity contribution is 8.02. The van der Waals surface area contributed by atoms with Gasteiger partial charge in [0.1, 0.15) is 6.04 Å². The van der Waals surface area contributed by atoms with E-state index in [-0.39, 0.29) is 29.7 Å². The molecule has 39 heavy (non-hydrogen) atoms. The lowest BCUT2D eigenvalue weighted by Crippen LogP contribution is -2.60. The number of aliphatic hydroxyl groups excluding tert-OH is 1. The van der Waals surface area contributed by atoms with Crippen LogP contribution in [0.2, 0.25) is 0 Å². The summed E-state index contributed by atoms with van der Waals surface area (Å²) in [5.74, 6) is -1.22. The van der Waals surface area contributed by atoms with Crippen molar-refractivity contribution in [3.8, 4) is 0 Å². The molecule has 1 N–H and O–H groups in total. The Bertz CT molecular complexity index is 975. The predicted octanol–water partition coefficient (Wildman–Crippen LogP) is 4.50. The molecule has 3 aliphatic heterocycles. The van der Waals surface area contributed by atoms with Crippen LogP contribution in [0, 0.1) is 17.3 Å². The van der Waals surface area contributed by atoms with E-state index in [0.717, 1.165) is 25.7 Å². The number of hydrogen-bond donors (Lipinski definition) is 1. The van der Waals surface area contributed by atoms with Gasteiger partial charge in [0, 0.05) is 43.1 Å². The first-order chi connectivity index (χ1) is 18.1. The molecule has 0 aromatic carbocycles. The molecule has 3 heterocycles. The number of likely N-dealkylation sites (tertiary alicyclic amines) is 1. The molecule has 2 unspecified atom stereocenters. The summed E-state index contributed by atoms with van der Waals surface area (Å²) in [5, 5.41) is 9.67. The van der Waals surface area contributed by atoms with E-state index in [1.54, 1.807) is 28.8 Å². The van der Waals surface area contributed by atoms with Crippen molar-refractivity contribution in [3.05, 3.63) is 25.3 Å². The Morgan fingerprint density at radius 2 is 1.77 bits per heavy atom. The number of thioether (sulfide) groups is 1. The molecule has 0 radical (unpaired) electrons. The molecule has 1 spiro atoms. The maximum absolute atomic E-state index is 14.7. The van der Waals surface area contributed by atoms with Crippen LogP contribution < -0.4 is 0 Å². The minimum absolute atomic E-state index is 0.00195. The van der Waals surface area contributed by atoms with Crippen LogP contribution in [0.15, 0.2) is 25.3 Å². The fourth-order valence-electron chi connectivity index (χ4n) is 7.78. The average molecular weight is 562 g/mol. The fourth-order valence-corrected chi connectivity index (χ4v) is 10.1. The number of amides is 3. The zero-order valence-corrected chi connectivity index (χ0v) is 26.1. The molecule has 3 rings (SSSR count). The number of rotatable bonds is 13. The van der Waals surface area contributed by atoms with Crippen LogP contribution in [0.25, 0.3) is 0 Å². The Labute approximate surface area is 240 Å². The summed E-state index contributed by atoms with van der Waals surface area (Å²) in [5.41, 5.74) is -0.474. The summed E-state index contributed by atoms with van der Waals surface area (Å²) in [6, 6.07) is -0.676. The highest BCUT2D eigenvalue weighted by Gasteiger charge is 2.77. The molecule has 2 bridgehead atoms. The third-order valence-electron chi connectivity index (χ3n) is 8.76. The quantitative estimate of drug-likeness (QED) is 0.335. The van der Waals surface area contributed by atoms with Crippen molar-refractivity contribution in [2.24, 2.45) is 17.3 Å². The van der Waals surface area contributed by atoms with Gasteiger partial charge in [0.25, 0.3) is 0 Å². The second-order valence-electron chi connectivity index (χ2n) is 13.7. The van der Waals surface area contributed by atoms with Crippen LogP contribution in [0.1, 0.15) is 80.6 Å². The van der Waals surface area contributed by atoms with Gasteiger partial charge in [-0.2, -0.15) is 0 Å². The number of carbonyl (C=O) groups is 3. The van der Waals surface area contributed by atoms with Crippen molar-refractivity contribution in [2.75, 3.05) is 32.8 Å². The summed E-state index contributed by atoms with van der Waals surface area (Å²) >= 11 is 1.71. The van der Waals surface area contributed by atoms with Gasteiger partial charge in [0.15, 0.2) is 0 Å². The lowest BCUT2D eigenvalue weighted by molar-refractivity contribution is -0.147. The smallest absolute Gasteiger partial charge is 0.247 e. The Kier molecular flexibility index (Phi) is 9.43. The predicted molar refractivity (Wildman–Crippen MR) is 159 cm³/mol. The van der Waals surface area contributed by atoms with Crippen molar-refractivity contribution in [3.63, 3.8) is 0 Å². The van der Waals surface area contributed by atoms with Gasteiger partial charge in [0.2, 0.25) is 17.7 Å². The molecule has 0 aromatic heterocycles. The minimum atomic E-state index is -0.676. The molecule has 0 aliphatic carbocycles. The molecule has 0 aromatic rings. The van der Waals surface area contributed by atoms with E-state index in [2.05, 4.69) is 54.7 Å². The fraction of sp³-hybridized carbons (Fsp3) is 0.774. The maximum atomic E-state index is 14.7. The summed E-state index contributed by atoms with van der Waals surface area (Å²) in [4.78, 5) is 48.6. The second-order valence-corrected chi connectivity index (χ2v) is 15.6. The van der Waals surface area contributed by atoms with Crippen molar-refractivity contribution in [2.45, 2.75) is 102 Å². The van der Waals surface area contributed by atoms with Gasteiger partial charge in [-0.3, -0.25) is 14.4 Å². The van der Waals surface area contributed by atoms with E-state index >= 15 is 0 Å². The highest BCUT2D eigenvalue weighted by Crippen LogP contribution is 2.71. The Balaban J connectivity index is 2.11. The van der Waals surface area contributed by atoms with Crippen LogP contribution in [-0.4, -0.2) is 91.4 Å². The Morgan fingerprint density at radius 3 is 2.31 bits per heavy atom. The molecule has 3 fully saturated rings. The second kappa shape index (κ2) is 11.6. The van der Waals surface area contributed by atoms with E-state index in [4.69, 9.17) is 0 Å². The van der Waals surface area contributed by atoms with Crippen LogP contribution in [0.5, 0.6) is 0 Å². The monoisotopic (exact) mass is 561 g/mol. The molecule has 8 heteroatoms. The minimum Gasteiger partial charge on any atom is -0.396 e. The first kappa shape index (κ1) is 31.7. The Hall–Kier alpha value is -1.80. The number of aliphatic hydroxyl groups is 1. The van der Waals surface area contributed by atoms with Gasteiger partial charge in [0.05, 0.1) is 16.6 Å². The van der Waals surface area contributed by atoms with E-state index in [0.29, 0.717) is 32.6 Å². The molecule has 0 saturated carbocycles. The largest absolute Gasteiger partial charge is 0.396 e. The molecule has 3 amide bonds. The number of nitrogens with zero attached hydrogens (tertiary/aromatic N) is 3. The van der Waals surface area contributed by atoms with E-state index in [1.807, 2.05) is 16.7 Å². The first-order valence-corrected chi connectivity index (χ1v) is 15.4. The third kappa shape index (κ3) is 5.70. The van der Waals surface area contributed by atoms with Crippen LogP contribution >= 0.6 is 11.8 Å². The molecule has 3 aliphatic rings. The molecule has 3 saturated heterocycles. The molecule has 220 valence electrons. The van der Waals surface area contributed by atoms with Gasteiger partial charge in [-0.15, -0.1) is 24.9 Å². The normalized spacial score (nSPS) is 29.9. The van der Waals surface area contributed by atoms with Crippen molar-refractivity contribution < 1.29 is 19.5 Å². The zero-order chi connectivity index (χ0) is 29.4. The van der Waals surface area contributed by atoms with Crippen molar-refractivity contribution in [1.82, 2.24) is 14.7 Å². The van der Waals surface area contributed by atoms with Crippen LogP contribution in [0.3, 0.4) is 0 Å². The van der Waals surface area contributed by atoms with Crippen LogP contribution in [0.4, 0.5) is 0 Å². The van der Waals surface area contributed by atoms with Gasteiger partial charge in [-0.05, 0) is 58.3 Å². The molecule has 7 nitrogen and oxygen atoms in total. The SMILES string of the molecule is C=CCN(CCC)C(=O)[C@H]1[C@H]2C(=O)N(CCCO)C(C(=O)N(CC=C)C(C)(C)CC(C)(C)C)C23CC[C@]1(C)S3. The average Bonchev–Trinajstić information content (AvgIpc) is 3.39. The third-order valence-corrected chi connectivity index (χ3v) is 10.7.